The number of nitrogens with zero attached hydrogens (tertiary/aromatic N) is 2. The molecule has 1 saturated carbocycles. The SMILES string of the molecule is CCCN1CCN(C2(CN)CCCCC2C(C)C)CC1. The van der Waals surface area contributed by atoms with E-state index in [2.05, 4.69) is 30.6 Å². The number of piperazine rings is 1. The van der Waals surface area contributed by atoms with Gasteiger partial charge < -0.3 is 10.6 Å². The van der Waals surface area contributed by atoms with Crippen molar-refractivity contribution in [1.29, 1.82) is 0 Å². The van der Waals surface area contributed by atoms with Gasteiger partial charge in [0.1, 0.15) is 0 Å². The van der Waals surface area contributed by atoms with Crippen molar-refractivity contribution < 1.29 is 0 Å². The lowest BCUT2D eigenvalue weighted by molar-refractivity contribution is -0.0394. The third-order valence-corrected chi connectivity index (χ3v) is 5.77. The standard InChI is InChI=1S/C17H35N3/c1-4-9-19-10-12-20(13-11-19)17(14-18)8-6-5-7-16(17)15(2)3/h15-16H,4-14,18H2,1-3H3. The van der Waals surface area contributed by atoms with Crippen LogP contribution in [-0.4, -0.2) is 54.6 Å². The largest absolute Gasteiger partial charge is 0.329 e. The Morgan fingerprint density at radius 2 is 1.85 bits per heavy atom. The van der Waals surface area contributed by atoms with E-state index in [4.69, 9.17) is 5.73 Å². The third-order valence-electron chi connectivity index (χ3n) is 5.77. The second-order valence-electron chi connectivity index (χ2n) is 7.23. The van der Waals surface area contributed by atoms with Gasteiger partial charge in [-0.3, -0.25) is 4.90 Å². The van der Waals surface area contributed by atoms with Crippen LogP contribution in [0.4, 0.5) is 0 Å². The molecular formula is C17H35N3. The fraction of sp³-hybridized carbons (Fsp3) is 1.00. The molecule has 0 aromatic heterocycles. The maximum absolute atomic E-state index is 6.34. The molecule has 20 heavy (non-hydrogen) atoms. The van der Waals surface area contributed by atoms with E-state index in [0.29, 0.717) is 5.54 Å². The molecule has 2 atom stereocenters. The molecule has 1 aliphatic carbocycles. The van der Waals surface area contributed by atoms with Gasteiger partial charge in [-0.05, 0) is 37.6 Å². The first-order chi connectivity index (χ1) is 9.64. The van der Waals surface area contributed by atoms with Gasteiger partial charge in [-0.15, -0.1) is 0 Å². The van der Waals surface area contributed by atoms with Crippen molar-refractivity contribution in [2.24, 2.45) is 17.6 Å². The first-order valence-corrected chi connectivity index (χ1v) is 8.81. The van der Waals surface area contributed by atoms with E-state index in [1.54, 1.807) is 0 Å². The van der Waals surface area contributed by atoms with E-state index >= 15 is 0 Å². The summed E-state index contributed by atoms with van der Waals surface area (Å²) in [6, 6.07) is 0. The summed E-state index contributed by atoms with van der Waals surface area (Å²) in [5.41, 5.74) is 6.63. The Labute approximate surface area is 125 Å². The van der Waals surface area contributed by atoms with Gasteiger partial charge in [0, 0.05) is 38.3 Å². The molecule has 0 spiro atoms. The molecule has 1 saturated heterocycles. The number of nitrogens with two attached hydrogens (primary N) is 1. The zero-order valence-electron chi connectivity index (χ0n) is 13.9. The van der Waals surface area contributed by atoms with Gasteiger partial charge in [-0.25, -0.2) is 0 Å². The summed E-state index contributed by atoms with van der Waals surface area (Å²) in [7, 11) is 0. The minimum atomic E-state index is 0.296. The predicted molar refractivity (Wildman–Crippen MR) is 86.9 cm³/mol. The van der Waals surface area contributed by atoms with E-state index in [1.165, 1.54) is 64.8 Å². The lowest BCUT2D eigenvalue weighted by Gasteiger charge is -2.55. The van der Waals surface area contributed by atoms with Crippen molar-refractivity contribution >= 4 is 0 Å². The molecule has 3 nitrogen and oxygen atoms in total. The van der Waals surface area contributed by atoms with Crippen LogP contribution < -0.4 is 5.73 Å². The monoisotopic (exact) mass is 281 g/mol. The van der Waals surface area contributed by atoms with Crippen LogP contribution in [0, 0.1) is 11.8 Å². The Morgan fingerprint density at radius 3 is 2.40 bits per heavy atom. The van der Waals surface area contributed by atoms with Crippen LogP contribution in [0.5, 0.6) is 0 Å². The van der Waals surface area contributed by atoms with Crippen LogP contribution in [0.3, 0.4) is 0 Å². The van der Waals surface area contributed by atoms with Gasteiger partial charge in [-0.2, -0.15) is 0 Å². The zero-order valence-corrected chi connectivity index (χ0v) is 13.9. The Bertz CT molecular complexity index is 284. The van der Waals surface area contributed by atoms with E-state index in [-0.39, 0.29) is 0 Å². The number of hydrogen-bond donors (Lipinski definition) is 1. The molecule has 2 aliphatic rings. The maximum atomic E-state index is 6.34. The average Bonchev–Trinajstić information content (AvgIpc) is 2.48. The lowest BCUT2D eigenvalue weighted by Crippen LogP contribution is -2.65. The highest BCUT2D eigenvalue weighted by Gasteiger charge is 2.45. The first-order valence-electron chi connectivity index (χ1n) is 8.81. The van der Waals surface area contributed by atoms with Gasteiger partial charge in [-0.1, -0.05) is 33.6 Å². The van der Waals surface area contributed by atoms with Crippen molar-refractivity contribution in [2.45, 2.75) is 58.4 Å². The van der Waals surface area contributed by atoms with Crippen molar-refractivity contribution in [2.75, 3.05) is 39.3 Å². The fourth-order valence-electron chi connectivity index (χ4n) is 4.71. The molecule has 0 aromatic carbocycles. The molecule has 3 heteroatoms. The average molecular weight is 281 g/mol. The predicted octanol–water partition coefficient (Wildman–Crippen LogP) is 2.56. The summed E-state index contributed by atoms with van der Waals surface area (Å²) in [5.74, 6) is 1.55. The smallest absolute Gasteiger partial charge is 0.0363 e. The summed E-state index contributed by atoms with van der Waals surface area (Å²) < 4.78 is 0. The normalized spacial score (nSPS) is 33.8. The molecular weight excluding hydrogens is 246 g/mol. The van der Waals surface area contributed by atoms with Crippen LogP contribution >= 0.6 is 0 Å². The summed E-state index contributed by atoms with van der Waals surface area (Å²) in [6.07, 6.45) is 6.75. The van der Waals surface area contributed by atoms with Gasteiger partial charge in [0.25, 0.3) is 0 Å². The van der Waals surface area contributed by atoms with E-state index in [0.717, 1.165) is 18.4 Å². The quantitative estimate of drug-likeness (QED) is 0.840. The second kappa shape index (κ2) is 7.24. The van der Waals surface area contributed by atoms with Crippen molar-refractivity contribution in [3.8, 4) is 0 Å². The van der Waals surface area contributed by atoms with Crippen LogP contribution in [0.1, 0.15) is 52.9 Å². The topological polar surface area (TPSA) is 32.5 Å². The molecule has 0 bridgehead atoms. The Morgan fingerprint density at radius 1 is 1.15 bits per heavy atom. The van der Waals surface area contributed by atoms with Crippen molar-refractivity contribution in [3.63, 3.8) is 0 Å². The molecule has 2 fully saturated rings. The highest BCUT2D eigenvalue weighted by Crippen LogP contribution is 2.42. The molecule has 118 valence electrons. The number of hydrogen-bond acceptors (Lipinski definition) is 3. The van der Waals surface area contributed by atoms with Crippen LogP contribution in [0.15, 0.2) is 0 Å². The van der Waals surface area contributed by atoms with Crippen molar-refractivity contribution in [3.05, 3.63) is 0 Å². The molecule has 0 aromatic rings. The Hall–Kier alpha value is -0.120. The first kappa shape index (κ1) is 16.3. The Balaban J connectivity index is 2.06. The highest BCUT2D eigenvalue weighted by atomic mass is 15.3. The third kappa shape index (κ3) is 3.20. The van der Waals surface area contributed by atoms with Gasteiger partial charge in [0.15, 0.2) is 0 Å². The summed E-state index contributed by atoms with van der Waals surface area (Å²) in [5, 5.41) is 0. The molecule has 2 N–H and O–H groups in total. The summed E-state index contributed by atoms with van der Waals surface area (Å²) in [4.78, 5) is 5.39. The van der Waals surface area contributed by atoms with Gasteiger partial charge >= 0.3 is 0 Å². The maximum Gasteiger partial charge on any atom is 0.0363 e. The highest BCUT2D eigenvalue weighted by molar-refractivity contribution is 5.02. The lowest BCUT2D eigenvalue weighted by atomic mass is 9.66. The minimum Gasteiger partial charge on any atom is -0.329 e. The number of rotatable bonds is 5. The van der Waals surface area contributed by atoms with Crippen LogP contribution in [0.25, 0.3) is 0 Å². The zero-order chi connectivity index (χ0) is 14.6. The van der Waals surface area contributed by atoms with E-state index < -0.39 is 0 Å². The second-order valence-corrected chi connectivity index (χ2v) is 7.23. The van der Waals surface area contributed by atoms with Crippen LogP contribution in [0.2, 0.25) is 0 Å². The van der Waals surface area contributed by atoms with Crippen molar-refractivity contribution in [1.82, 2.24) is 9.80 Å². The minimum absolute atomic E-state index is 0.296. The summed E-state index contributed by atoms with van der Waals surface area (Å²) in [6.45, 7) is 14.1. The molecule has 2 unspecified atom stereocenters. The fourth-order valence-corrected chi connectivity index (χ4v) is 4.71. The molecule has 2 rings (SSSR count). The van der Waals surface area contributed by atoms with E-state index in [9.17, 15) is 0 Å². The molecule has 0 amide bonds. The molecule has 0 radical (unpaired) electrons. The van der Waals surface area contributed by atoms with Gasteiger partial charge in [0.2, 0.25) is 0 Å². The van der Waals surface area contributed by atoms with Gasteiger partial charge in [0.05, 0.1) is 0 Å². The Kier molecular flexibility index (Phi) is 5.88. The summed E-state index contributed by atoms with van der Waals surface area (Å²) >= 11 is 0. The molecule has 1 heterocycles. The van der Waals surface area contributed by atoms with Crippen LogP contribution in [-0.2, 0) is 0 Å². The van der Waals surface area contributed by atoms with E-state index in [1.807, 2.05) is 0 Å². The molecule has 1 aliphatic heterocycles.